The second kappa shape index (κ2) is 4.15. The summed E-state index contributed by atoms with van der Waals surface area (Å²) in [6.07, 6.45) is 0. The van der Waals surface area contributed by atoms with Gasteiger partial charge in [0.25, 0.3) is 0 Å². The molecule has 0 saturated carbocycles. The number of ketones is 1. The summed E-state index contributed by atoms with van der Waals surface area (Å²) in [7, 11) is 0. The lowest BCUT2D eigenvalue weighted by Gasteiger charge is -2.16. The highest BCUT2D eigenvalue weighted by Gasteiger charge is 2.22. The Morgan fingerprint density at radius 1 is 1.27 bits per heavy atom. The quantitative estimate of drug-likeness (QED) is 0.311. The number of benzene rings is 1. The van der Waals surface area contributed by atoms with Crippen molar-refractivity contribution in [1.29, 1.82) is 0 Å². The van der Waals surface area contributed by atoms with Gasteiger partial charge < -0.3 is 0 Å². The Morgan fingerprint density at radius 3 is 2.20 bits per heavy atom. The molecule has 15 heavy (non-hydrogen) atoms. The summed E-state index contributed by atoms with van der Waals surface area (Å²) < 4.78 is 0. The zero-order valence-corrected chi connectivity index (χ0v) is 9.06. The monoisotopic (exact) mass is 203 g/mol. The lowest BCUT2D eigenvalue weighted by atomic mass is 9.86. The molecule has 0 unspecified atom stereocenters. The minimum Gasteiger partial charge on any atom is -0.294 e. The Kier molecular flexibility index (Phi) is 3.12. The average molecular weight is 203 g/mol. The van der Waals surface area contributed by atoms with Crippen LogP contribution in [0.2, 0.25) is 0 Å². The molecule has 0 heterocycles. The predicted octanol–water partition coefficient (Wildman–Crippen LogP) is 3.86. The van der Waals surface area contributed by atoms with E-state index in [0.29, 0.717) is 11.3 Å². The van der Waals surface area contributed by atoms with Gasteiger partial charge in [-0.1, -0.05) is 50.2 Å². The van der Waals surface area contributed by atoms with Crippen molar-refractivity contribution in [2.75, 3.05) is 0 Å². The van der Waals surface area contributed by atoms with Gasteiger partial charge in [-0.25, -0.2) is 0 Å². The summed E-state index contributed by atoms with van der Waals surface area (Å²) >= 11 is 0. The Labute approximate surface area is 88.6 Å². The largest absolute Gasteiger partial charge is 0.294 e. The van der Waals surface area contributed by atoms with Crippen LogP contribution in [0.3, 0.4) is 0 Å². The first-order chi connectivity index (χ1) is 6.95. The van der Waals surface area contributed by atoms with Crippen LogP contribution in [0.1, 0.15) is 31.1 Å². The van der Waals surface area contributed by atoms with E-state index >= 15 is 0 Å². The van der Waals surface area contributed by atoms with Crippen molar-refractivity contribution in [3.05, 3.63) is 40.3 Å². The second-order valence-electron chi connectivity index (χ2n) is 4.32. The van der Waals surface area contributed by atoms with E-state index in [2.05, 4.69) is 10.0 Å². The third-order valence-corrected chi connectivity index (χ3v) is 1.97. The summed E-state index contributed by atoms with van der Waals surface area (Å²) in [4.78, 5) is 14.5. The van der Waals surface area contributed by atoms with Gasteiger partial charge in [0.15, 0.2) is 5.78 Å². The highest BCUT2D eigenvalue weighted by atomic mass is 16.1. The summed E-state index contributed by atoms with van der Waals surface area (Å²) in [6, 6.07) is 6.63. The number of rotatable bonds is 2. The number of carbonyl (C=O) groups is 1. The van der Waals surface area contributed by atoms with Gasteiger partial charge in [0.2, 0.25) is 0 Å². The van der Waals surface area contributed by atoms with Crippen molar-refractivity contribution in [2.45, 2.75) is 20.8 Å². The van der Waals surface area contributed by atoms with Crippen molar-refractivity contribution in [3.8, 4) is 0 Å². The second-order valence-corrected chi connectivity index (χ2v) is 4.32. The molecule has 0 bridgehead atoms. The molecular weight excluding hydrogens is 190 g/mol. The molecule has 0 atom stereocenters. The van der Waals surface area contributed by atoms with Crippen molar-refractivity contribution in [1.82, 2.24) is 0 Å². The van der Waals surface area contributed by atoms with Crippen molar-refractivity contribution in [3.63, 3.8) is 0 Å². The Morgan fingerprint density at radius 2 is 1.80 bits per heavy atom. The fourth-order valence-corrected chi connectivity index (χ4v) is 1.16. The highest BCUT2D eigenvalue weighted by molar-refractivity contribution is 5.99. The molecule has 78 valence electrons. The molecule has 1 aromatic rings. The first kappa shape index (κ1) is 11.3. The van der Waals surface area contributed by atoms with Crippen molar-refractivity contribution in [2.24, 2.45) is 10.5 Å². The van der Waals surface area contributed by atoms with Crippen molar-refractivity contribution < 1.29 is 4.79 Å². The van der Waals surface area contributed by atoms with Crippen LogP contribution in [-0.2, 0) is 0 Å². The fourth-order valence-electron chi connectivity index (χ4n) is 1.16. The van der Waals surface area contributed by atoms with Crippen LogP contribution in [0, 0.1) is 5.41 Å². The van der Waals surface area contributed by atoms with Crippen LogP contribution in [0.25, 0.3) is 10.4 Å². The lowest BCUT2D eigenvalue weighted by molar-refractivity contribution is 0.0858. The number of azide groups is 1. The maximum Gasteiger partial charge on any atom is 0.168 e. The molecule has 0 aliphatic heterocycles. The molecule has 4 nitrogen and oxygen atoms in total. The predicted molar refractivity (Wildman–Crippen MR) is 59.0 cm³/mol. The fraction of sp³-hybridized carbons (Fsp3) is 0.364. The zero-order chi connectivity index (χ0) is 11.5. The molecule has 0 aromatic heterocycles. The van der Waals surface area contributed by atoms with Gasteiger partial charge in [0.1, 0.15) is 0 Å². The van der Waals surface area contributed by atoms with E-state index < -0.39 is 0 Å². The smallest absolute Gasteiger partial charge is 0.168 e. The zero-order valence-electron chi connectivity index (χ0n) is 9.06. The molecule has 0 spiro atoms. The molecule has 1 rings (SSSR count). The van der Waals surface area contributed by atoms with Crippen LogP contribution in [0.5, 0.6) is 0 Å². The number of nitrogens with zero attached hydrogens (tertiary/aromatic N) is 3. The van der Waals surface area contributed by atoms with Gasteiger partial charge in [-0.3, -0.25) is 4.79 Å². The molecule has 0 radical (unpaired) electrons. The molecule has 0 saturated heterocycles. The Bertz CT molecular complexity index is 408. The maximum atomic E-state index is 11.8. The van der Waals surface area contributed by atoms with Gasteiger partial charge in [-0.15, -0.1) is 0 Å². The van der Waals surface area contributed by atoms with E-state index in [1.165, 1.54) is 0 Å². The van der Waals surface area contributed by atoms with Crippen LogP contribution in [0.4, 0.5) is 5.69 Å². The third-order valence-electron chi connectivity index (χ3n) is 1.97. The standard InChI is InChI=1S/C11H13N3O/c1-11(2,3)10(15)8-4-6-9(7-5-8)13-14-12/h4-7H,1-3H3. The number of Topliss-reactive ketones (excluding diaryl/α,β-unsaturated/α-hetero) is 1. The lowest BCUT2D eigenvalue weighted by Crippen LogP contribution is -2.19. The van der Waals surface area contributed by atoms with E-state index in [-0.39, 0.29) is 11.2 Å². The van der Waals surface area contributed by atoms with E-state index in [0.717, 1.165) is 0 Å². The van der Waals surface area contributed by atoms with E-state index in [1.807, 2.05) is 20.8 Å². The van der Waals surface area contributed by atoms with E-state index in [1.54, 1.807) is 24.3 Å². The summed E-state index contributed by atoms with van der Waals surface area (Å²) in [5.41, 5.74) is 8.98. The first-order valence-electron chi connectivity index (χ1n) is 4.65. The minimum absolute atomic E-state index is 0.0787. The molecule has 0 aliphatic carbocycles. The summed E-state index contributed by atoms with van der Waals surface area (Å²) in [5, 5.41) is 3.44. The summed E-state index contributed by atoms with van der Waals surface area (Å²) in [5.74, 6) is 0.0787. The molecule has 0 amide bonds. The van der Waals surface area contributed by atoms with Gasteiger partial charge in [0, 0.05) is 21.6 Å². The molecule has 4 heteroatoms. The van der Waals surface area contributed by atoms with E-state index in [4.69, 9.17) is 5.53 Å². The number of hydrogen-bond acceptors (Lipinski definition) is 2. The van der Waals surface area contributed by atoms with Gasteiger partial charge in [-0.05, 0) is 5.53 Å². The number of hydrogen-bond donors (Lipinski definition) is 0. The van der Waals surface area contributed by atoms with Gasteiger partial charge in [0.05, 0.1) is 0 Å². The Balaban J connectivity index is 2.99. The van der Waals surface area contributed by atoms with Crippen LogP contribution < -0.4 is 0 Å². The normalized spacial score (nSPS) is 10.6. The first-order valence-corrected chi connectivity index (χ1v) is 4.65. The topological polar surface area (TPSA) is 65.8 Å². The van der Waals surface area contributed by atoms with Crippen molar-refractivity contribution >= 4 is 11.5 Å². The number of carbonyl (C=O) groups excluding carboxylic acids is 1. The van der Waals surface area contributed by atoms with E-state index in [9.17, 15) is 4.79 Å². The maximum absolute atomic E-state index is 11.8. The summed E-state index contributed by atoms with van der Waals surface area (Å²) in [6.45, 7) is 5.62. The Hall–Kier alpha value is -1.80. The van der Waals surface area contributed by atoms with Gasteiger partial charge >= 0.3 is 0 Å². The third kappa shape index (κ3) is 2.82. The molecule has 0 fully saturated rings. The molecular formula is C11H13N3O. The average Bonchev–Trinajstić information content (AvgIpc) is 2.17. The molecule has 0 N–H and O–H groups in total. The SMILES string of the molecule is CC(C)(C)C(=O)c1ccc(N=[N+]=[N-])cc1. The minimum atomic E-state index is -0.389. The van der Waals surface area contributed by atoms with Crippen LogP contribution >= 0.6 is 0 Å². The van der Waals surface area contributed by atoms with Crippen LogP contribution in [0.15, 0.2) is 29.4 Å². The van der Waals surface area contributed by atoms with Gasteiger partial charge in [-0.2, -0.15) is 0 Å². The van der Waals surface area contributed by atoms with Crippen LogP contribution in [-0.4, -0.2) is 5.78 Å². The highest BCUT2D eigenvalue weighted by Crippen LogP contribution is 2.22. The molecule has 0 aliphatic rings. The molecule has 1 aromatic carbocycles.